The summed E-state index contributed by atoms with van der Waals surface area (Å²) in [6.45, 7) is 2.64. The number of halogens is 2. The van der Waals surface area contributed by atoms with Gasteiger partial charge in [0.05, 0.1) is 6.54 Å². The van der Waals surface area contributed by atoms with Crippen LogP contribution in [-0.2, 0) is 11.3 Å². The Morgan fingerprint density at radius 2 is 1.77 bits per heavy atom. The van der Waals surface area contributed by atoms with Gasteiger partial charge in [-0.25, -0.2) is 8.78 Å². The quantitative estimate of drug-likeness (QED) is 0.833. The van der Waals surface area contributed by atoms with Crippen molar-refractivity contribution in [2.75, 3.05) is 25.0 Å². The van der Waals surface area contributed by atoms with E-state index in [9.17, 15) is 13.6 Å². The predicted octanol–water partition coefficient (Wildman–Crippen LogP) is 3.16. The molecular weight excluding hydrogens is 336 g/mol. The van der Waals surface area contributed by atoms with E-state index in [1.807, 2.05) is 6.07 Å². The number of nitrogens with zero attached hydrogens (tertiary/aromatic N) is 1. The summed E-state index contributed by atoms with van der Waals surface area (Å²) in [4.78, 5) is 14.2. The van der Waals surface area contributed by atoms with E-state index in [1.54, 1.807) is 24.3 Å². The first kappa shape index (κ1) is 18.5. The molecule has 0 atom stereocenters. The summed E-state index contributed by atoms with van der Waals surface area (Å²) >= 11 is 0. The Labute approximate surface area is 152 Å². The lowest BCUT2D eigenvalue weighted by Gasteiger charge is -2.32. The van der Waals surface area contributed by atoms with Crippen molar-refractivity contribution < 1.29 is 13.6 Å². The van der Waals surface area contributed by atoms with Crippen molar-refractivity contribution in [3.8, 4) is 0 Å². The van der Waals surface area contributed by atoms with Crippen LogP contribution in [0.1, 0.15) is 18.4 Å². The van der Waals surface area contributed by atoms with Crippen molar-refractivity contribution in [3.05, 3.63) is 65.7 Å². The second-order valence-corrected chi connectivity index (χ2v) is 6.62. The maximum Gasteiger partial charge on any atom is 0.238 e. The average molecular weight is 359 g/mol. The number of carbonyl (C=O) groups excluding carboxylic acids is 1. The molecule has 0 aliphatic carbocycles. The molecule has 4 nitrogen and oxygen atoms in total. The number of likely N-dealkylation sites (tertiary alicyclic amines) is 1. The van der Waals surface area contributed by atoms with Crippen molar-refractivity contribution in [1.29, 1.82) is 0 Å². The van der Waals surface area contributed by atoms with Crippen LogP contribution in [0.2, 0.25) is 0 Å². The van der Waals surface area contributed by atoms with Crippen LogP contribution in [0, 0.1) is 11.6 Å². The monoisotopic (exact) mass is 359 g/mol. The minimum atomic E-state index is -0.323. The van der Waals surface area contributed by atoms with Gasteiger partial charge in [0.2, 0.25) is 5.91 Å². The van der Waals surface area contributed by atoms with Gasteiger partial charge in [-0.15, -0.1) is 0 Å². The first-order chi connectivity index (χ1) is 12.6. The fourth-order valence-corrected chi connectivity index (χ4v) is 3.14. The largest absolute Gasteiger partial charge is 0.325 e. The van der Waals surface area contributed by atoms with Crippen molar-refractivity contribution in [2.24, 2.45) is 0 Å². The number of carbonyl (C=O) groups is 1. The first-order valence-corrected chi connectivity index (χ1v) is 8.84. The molecule has 2 aromatic carbocycles. The van der Waals surface area contributed by atoms with Crippen molar-refractivity contribution in [1.82, 2.24) is 10.2 Å². The third kappa shape index (κ3) is 5.61. The minimum absolute atomic E-state index is 0.0946. The van der Waals surface area contributed by atoms with Gasteiger partial charge in [0.1, 0.15) is 11.6 Å². The molecule has 0 radical (unpaired) electrons. The van der Waals surface area contributed by atoms with E-state index in [2.05, 4.69) is 15.5 Å². The lowest BCUT2D eigenvalue weighted by atomic mass is 10.0. The van der Waals surface area contributed by atoms with Crippen molar-refractivity contribution in [3.63, 3.8) is 0 Å². The molecule has 0 aromatic heterocycles. The average Bonchev–Trinajstić information content (AvgIpc) is 2.63. The highest BCUT2D eigenvalue weighted by Gasteiger charge is 2.20. The van der Waals surface area contributed by atoms with Gasteiger partial charge in [-0.2, -0.15) is 0 Å². The molecule has 1 amide bonds. The summed E-state index contributed by atoms with van der Waals surface area (Å²) < 4.78 is 26.1. The van der Waals surface area contributed by atoms with Crippen LogP contribution < -0.4 is 10.6 Å². The molecule has 6 heteroatoms. The summed E-state index contributed by atoms with van der Waals surface area (Å²) in [5.41, 5.74) is 1.54. The van der Waals surface area contributed by atoms with Crippen LogP contribution in [0.3, 0.4) is 0 Å². The third-order valence-electron chi connectivity index (χ3n) is 4.57. The highest BCUT2D eigenvalue weighted by molar-refractivity contribution is 5.92. The smallest absolute Gasteiger partial charge is 0.238 e. The van der Waals surface area contributed by atoms with Gasteiger partial charge in [0.15, 0.2) is 0 Å². The van der Waals surface area contributed by atoms with E-state index in [0.717, 1.165) is 31.5 Å². The molecule has 2 N–H and O–H groups in total. The van der Waals surface area contributed by atoms with Crippen molar-refractivity contribution in [2.45, 2.75) is 25.4 Å². The zero-order valence-electron chi connectivity index (χ0n) is 14.6. The van der Waals surface area contributed by atoms with Crippen molar-refractivity contribution >= 4 is 11.6 Å². The molecule has 3 rings (SSSR count). The Morgan fingerprint density at radius 3 is 2.46 bits per heavy atom. The molecule has 0 bridgehead atoms. The molecule has 1 aliphatic heterocycles. The van der Waals surface area contributed by atoms with E-state index in [-0.39, 0.29) is 17.5 Å². The fourth-order valence-electron chi connectivity index (χ4n) is 3.14. The molecule has 0 spiro atoms. The Balaban J connectivity index is 1.38. The number of hydrogen-bond donors (Lipinski definition) is 2. The normalized spacial score (nSPS) is 15.8. The Bertz CT molecular complexity index is 728. The van der Waals surface area contributed by atoms with E-state index >= 15 is 0 Å². The fraction of sp³-hybridized carbons (Fsp3) is 0.350. The zero-order valence-corrected chi connectivity index (χ0v) is 14.6. The lowest BCUT2D eigenvalue weighted by Crippen LogP contribution is -2.44. The van der Waals surface area contributed by atoms with E-state index in [4.69, 9.17) is 0 Å². The molecule has 1 fully saturated rings. The summed E-state index contributed by atoms with van der Waals surface area (Å²) in [6.07, 6.45) is 1.89. The minimum Gasteiger partial charge on any atom is -0.325 e. The van der Waals surface area contributed by atoms with Gasteiger partial charge in [0.25, 0.3) is 0 Å². The predicted molar refractivity (Wildman–Crippen MR) is 97.7 cm³/mol. The molecule has 0 unspecified atom stereocenters. The van der Waals surface area contributed by atoms with E-state index in [1.165, 1.54) is 18.2 Å². The summed E-state index contributed by atoms with van der Waals surface area (Å²) in [6, 6.07) is 12.7. The molecule has 1 aliphatic rings. The summed E-state index contributed by atoms with van der Waals surface area (Å²) in [7, 11) is 0. The van der Waals surface area contributed by atoms with Crippen LogP contribution >= 0.6 is 0 Å². The standard InChI is InChI=1S/C20H23F2N3O/c21-16-4-6-19(7-5-16)24-20(26)14-25-10-8-18(9-11-25)23-13-15-2-1-3-17(22)12-15/h1-7,12,18,23H,8-11,13-14H2,(H,24,26). The SMILES string of the molecule is O=C(CN1CCC(NCc2cccc(F)c2)CC1)Nc1ccc(F)cc1. The highest BCUT2D eigenvalue weighted by atomic mass is 19.1. The Morgan fingerprint density at radius 1 is 1.04 bits per heavy atom. The van der Waals surface area contributed by atoms with Gasteiger partial charge < -0.3 is 10.6 Å². The summed E-state index contributed by atoms with van der Waals surface area (Å²) in [5.74, 6) is -0.634. The van der Waals surface area contributed by atoms with E-state index < -0.39 is 0 Å². The molecule has 0 saturated carbocycles. The number of rotatable bonds is 6. The van der Waals surface area contributed by atoms with Crippen LogP contribution in [-0.4, -0.2) is 36.5 Å². The Kier molecular flexibility index (Phi) is 6.30. The number of hydrogen-bond acceptors (Lipinski definition) is 3. The molecule has 2 aromatic rings. The first-order valence-electron chi connectivity index (χ1n) is 8.84. The number of nitrogens with one attached hydrogen (secondary N) is 2. The third-order valence-corrected chi connectivity index (χ3v) is 4.57. The molecule has 1 heterocycles. The van der Waals surface area contributed by atoms with Gasteiger partial charge in [-0.1, -0.05) is 12.1 Å². The second kappa shape index (κ2) is 8.87. The second-order valence-electron chi connectivity index (χ2n) is 6.62. The highest BCUT2D eigenvalue weighted by Crippen LogP contribution is 2.13. The van der Waals surface area contributed by atoms with Gasteiger partial charge in [0, 0.05) is 31.4 Å². The number of anilines is 1. The van der Waals surface area contributed by atoms with Gasteiger partial charge in [-0.3, -0.25) is 9.69 Å². The topological polar surface area (TPSA) is 44.4 Å². The molecule has 26 heavy (non-hydrogen) atoms. The maximum atomic E-state index is 13.2. The van der Waals surface area contributed by atoms with E-state index in [0.29, 0.717) is 24.8 Å². The summed E-state index contributed by atoms with van der Waals surface area (Å²) in [5, 5.41) is 6.24. The number of piperidine rings is 1. The number of benzene rings is 2. The molecular formula is C20H23F2N3O. The maximum absolute atomic E-state index is 13.2. The van der Waals surface area contributed by atoms with Gasteiger partial charge in [-0.05, 0) is 54.8 Å². The molecule has 138 valence electrons. The van der Waals surface area contributed by atoms with Crippen LogP contribution in [0.5, 0.6) is 0 Å². The number of amides is 1. The zero-order chi connectivity index (χ0) is 18.4. The molecule has 1 saturated heterocycles. The van der Waals surface area contributed by atoms with Crippen LogP contribution in [0.4, 0.5) is 14.5 Å². The lowest BCUT2D eigenvalue weighted by molar-refractivity contribution is -0.117. The Hall–Kier alpha value is -2.31. The van der Waals surface area contributed by atoms with Crippen LogP contribution in [0.15, 0.2) is 48.5 Å². The van der Waals surface area contributed by atoms with Gasteiger partial charge >= 0.3 is 0 Å². The van der Waals surface area contributed by atoms with Crippen LogP contribution in [0.25, 0.3) is 0 Å².